The largest absolute Gasteiger partial charge is 0.416 e. The van der Waals surface area contributed by atoms with Crippen LogP contribution in [0.5, 0.6) is 0 Å². The fraction of sp³-hybridized carbons (Fsp3) is 0.125. The Morgan fingerprint density at radius 2 is 1.83 bits per heavy atom. The molecular formula is C24H13ClF5N3O2. The summed E-state index contributed by atoms with van der Waals surface area (Å²) in [5.41, 5.74) is -1.26. The molecule has 0 bridgehead atoms. The minimum absolute atomic E-state index is 0.0285. The van der Waals surface area contributed by atoms with E-state index in [9.17, 15) is 31.5 Å². The molecule has 11 heteroatoms. The SMILES string of the molecule is N#CCc1cc(NC(=O)c2cc(F)cc(C(F)(F)F)c2)c2c(c1)C(=O)N[C@@H]2c1cc(F)ccc1Cl. The van der Waals surface area contributed by atoms with Gasteiger partial charge >= 0.3 is 6.18 Å². The lowest BCUT2D eigenvalue weighted by atomic mass is 9.93. The number of benzene rings is 3. The molecule has 1 heterocycles. The number of nitrogens with one attached hydrogen (secondary N) is 2. The van der Waals surface area contributed by atoms with Crippen LogP contribution in [-0.2, 0) is 12.6 Å². The lowest BCUT2D eigenvalue weighted by molar-refractivity contribution is -0.137. The first-order chi connectivity index (χ1) is 16.5. The lowest BCUT2D eigenvalue weighted by Gasteiger charge is -2.19. The average molecular weight is 506 g/mol. The van der Waals surface area contributed by atoms with E-state index in [4.69, 9.17) is 16.9 Å². The number of hydrogen-bond acceptors (Lipinski definition) is 3. The molecule has 0 radical (unpaired) electrons. The quantitative estimate of drug-likeness (QED) is 0.440. The van der Waals surface area contributed by atoms with Crippen LogP contribution < -0.4 is 10.6 Å². The summed E-state index contributed by atoms with van der Waals surface area (Å²) < 4.78 is 67.0. The normalized spacial score (nSPS) is 14.8. The Hall–Kier alpha value is -3.97. The highest BCUT2D eigenvalue weighted by atomic mass is 35.5. The van der Waals surface area contributed by atoms with Crippen LogP contribution in [0.15, 0.2) is 48.5 Å². The van der Waals surface area contributed by atoms with Crippen molar-refractivity contribution in [2.45, 2.75) is 18.6 Å². The average Bonchev–Trinajstić information content (AvgIpc) is 3.11. The van der Waals surface area contributed by atoms with Gasteiger partial charge in [-0.3, -0.25) is 9.59 Å². The number of fused-ring (bicyclic) bond motifs is 1. The van der Waals surface area contributed by atoms with Gasteiger partial charge in [-0.05, 0) is 54.1 Å². The van der Waals surface area contributed by atoms with Gasteiger partial charge in [-0.2, -0.15) is 18.4 Å². The third-order valence-electron chi connectivity index (χ3n) is 5.34. The van der Waals surface area contributed by atoms with E-state index in [1.807, 2.05) is 6.07 Å². The number of carbonyl (C=O) groups excluding carboxylic acids is 2. The van der Waals surface area contributed by atoms with Crippen molar-refractivity contribution in [1.82, 2.24) is 5.32 Å². The molecule has 0 aromatic heterocycles. The smallest absolute Gasteiger partial charge is 0.341 e. The van der Waals surface area contributed by atoms with Crippen LogP contribution in [0.2, 0.25) is 5.02 Å². The van der Waals surface area contributed by atoms with Gasteiger partial charge in [-0.1, -0.05) is 11.6 Å². The molecule has 4 rings (SSSR count). The van der Waals surface area contributed by atoms with Crippen molar-refractivity contribution >= 4 is 29.1 Å². The molecule has 0 spiro atoms. The zero-order valence-corrected chi connectivity index (χ0v) is 18.2. The van der Waals surface area contributed by atoms with Gasteiger partial charge in [0, 0.05) is 33.0 Å². The second kappa shape index (κ2) is 9.00. The van der Waals surface area contributed by atoms with Crippen LogP contribution in [0.25, 0.3) is 0 Å². The van der Waals surface area contributed by atoms with E-state index >= 15 is 0 Å². The van der Waals surface area contributed by atoms with Gasteiger partial charge in [-0.15, -0.1) is 0 Å². The Bertz CT molecular complexity index is 1420. The van der Waals surface area contributed by atoms with Crippen LogP contribution in [0.1, 0.15) is 49.0 Å². The van der Waals surface area contributed by atoms with E-state index in [2.05, 4.69) is 10.6 Å². The van der Waals surface area contributed by atoms with Crippen LogP contribution in [0, 0.1) is 23.0 Å². The Labute approximate surface area is 200 Å². The Morgan fingerprint density at radius 3 is 2.51 bits per heavy atom. The molecule has 0 aliphatic carbocycles. The van der Waals surface area contributed by atoms with Gasteiger partial charge in [0.15, 0.2) is 0 Å². The standard InChI is InChI=1S/C24H13ClF5N3O2/c25-18-2-1-14(26)10-16(18)21-20-17(23(35)33-21)5-11(3-4-31)6-19(20)32-22(34)12-7-13(24(28,29)30)9-15(27)8-12/h1-2,5-10,21H,3H2,(H,32,34)(H,33,35)/t21-/m1/s1. The highest BCUT2D eigenvalue weighted by Crippen LogP contribution is 2.40. The molecule has 3 aromatic carbocycles. The minimum Gasteiger partial charge on any atom is -0.341 e. The van der Waals surface area contributed by atoms with Crippen LogP contribution in [0.3, 0.4) is 0 Å². The number of halogens is 6. The molecule has 0 unspecified atom stereocenters. The lowest BCUT2D eigenvalue weighted by Crippen LogP contribution is -2.21. The second-order valence-corrected chi connectivity index (χ2v) is 8.10. The van der Waals surface area contributed by atoms with Crippen molar-refractivity contribution in [1.29, 1.82) is 5.26 Å². The van der Waals surface area contributed by atoms with E-state index in [0.717, 1.165) is 12.1 Å². The van der Waals surface area contributed by atoms with Gasteiger partial charge in [0.2, 0.25) is 0 Å². The van der Waals surface area contributed by atoms with Gasteiger partial charge in [0.05, 0.1) is 24.1 Å². The number of anilines is 1. The predicted octanol–water partition coefficient (Wildman–Crippen LogP) is 5.79. The summed E-state index contributed by atoms with van der Waals surface area (Å²) in [7, 11) is 0. The maximum atomic E-state index is 13.9. The van der Waals surface area contributed by atoms with Crippen LogP contribution in [-0.4, -0.2) is 11.8 Å². The maximum absolute atomic E-state index is 13.9. The van der Waals surface area contributed by atoms with Gasteiger partial charge < -0.3 is 10.6 Å². The number of amides is 2. The Kier molecular flexibility index (Phi) is 6.21. The van der Waals surface area contributed by atoms with Crippen molar-refractivity contribution in [3.8, 4) is 6.07 Å². The molecule has 1 aliphatic heterocycles. The third-order valence-corrected chi connectivity index (χ3v) is 5.68. The Balaban J connectivity index is 1.83. The number of nitrogens with zero attached hydrogens (tertiary/aromatic N) is 1. The predicted molar refractivity (Wildman–Crippen MR) is 116 cm³/mol. The second-order valence-electron chi connectivity index (χ2n) is 7.69. The molecule has 1 atom stereocenters. The van der Waals surface area contributed by atoms with E-state index in [1.54, 1.807) is 0 Å². The summed E-state index contributed by atoms with van der Waals surface area (Å²) in [6.07, 6.45) is -5.03. The van der Waals surface area contributed by atoms with E-state index in [-0.39, 0.29) is 39.9 Å². The summed E-state index contributed by atoms with van der Waals surface area (Å²) in [6.45, 7) is 0. The molecule has 3 aromatic rings. The van der Waals surface area contributed by atoms with Gasteiger partial charge in [0.1, 0.15) is 11.6 Å². The molecule has 35 heavy (non-hydrogen) atoms. The molecule has 2 amide bonds. The zero-order chi connectivity index (χ0) is 25.5. The highest BCUT2D eigenvalue weighted by Gasteiger charge is 2.35. The first-order valence-electron chi connectivity index (χ1n) is 9.96. The zero-order valence-electron chi connectivity index (χ0n) is 17.4. The fourth-order valence-corrected chi connectivity index (χ4v) is 4.06. The molecule has 0 saturated heterocycles. The number of hydrogen-bond donors (Lipinski definition) is 2. The maximum Gasteiger partial charge on any atom is 0.416 e. The third kappa shape index (κ3) is 4.81. The summed E-state index contributed by atoms with van der Waals surface area (Å²) in [4.78, 5) is 25.6. The number of alkyl halides is 3. The molecule has 1 aliphatic rings. The first kappa shape index (κ1) is 24.2. The van der Waals surface area contributed by atoms with E-state index in [0.29, 0.717) is 17.7 Å². The van der Waals surface area contributed by atoms with Crippen LogP contribution >= 0.6 is 11.6 Å². The number of rotatable bonds is 4. The van der Waals surface area contributed by atoms with Crippen molar-refractivity contribution in [2.24, 2.45) is 0 Å². The summed E-state index contributed by atoms with van der Waals surface area (Å²) in [5, 5.41) is 14.2. The Morgan fingerprint density at radius 1 is 1.09 bits per heavy atom. The molecule has 2 N–H and O–H groups in total. The summed E-state index contributed by atoms with van der Waals surface area (Å²) >= 11 is 6.21. The van der Waals surface area contributed by atoms with Crippen molar-refractivity contribution in [2.75, 3.05) is 5.32 Å². The molecular weight excluding hydrogens is 493 g/mol. The van der Waals surface area contributed by atoms with Crippen molar-refractivity contribution in [3.63, 3.8) is 0 Å². The number of nitriles is 1. The highest BCUT2D eigenvalue weighted by molar-refractivity contribution is 6.31. The van der Waals surface area contributed by atoms with Gasteiger partial charge in [-0.25, -0.2) is 8.78 Å². The van der Waals surface area contributed by atoms with E-state index < -0.39 is 46.8 Å². The molecule has 178 valence electrons. The van der Waals surface area contributed by atoms with Crippen molar-refractivity contribution < 1.29 is 31.5 Å². The monoisotopic (exact) mass is 505 g/mol. The molecule has 0 saturated carbocycles. The minimum atomic E-state index is -4.89. The van der Waals surface area contributed by atoms with Gasteiger partial charge in [0.25, 0.3) is 11.8 Å². The van der Waals surface area contributed by atoms with E-state index in [1.165, 1.54) is 18.2 Å². The summed E-state index contributed by atoms with van der Waals surface area (Å²) in [6, 6.07) is 8.55. The molecule has 5 nitrogen and oxygen atoms in total. The summed E-state index contributed by atoms with van der Waals surface area (Å²) in [5.74, 6) is -3.59. The fourth-order valence-electron chi connectivity index (χ4n) is 3.84. The van der Waals surface area contributed by atoms with Crippen LogP contribution in [0.4, 0.5) is 27.6 Å². The number of carbonyl (C=O) groups is 2. The molecule has 0 fully saturated rings. The first-order valence-corrected chi connectivity index (χ1v) is 10.3. The topological polar surface area (TPSA) is 82.0 Å². The van der Waals surface area contributed by atoms with Crippen molar-refractivity contribution in [3.05, 3.63) is 98.6 Å².